The standard InChI is InChI=1S/C23H23BrN4O3/c1-13-22(25-14(2)28(13)19-9-7-6-8-16(19)24)18-12-17(26-27-18)15-10-20(29-3)23(31-5)21(11-15)30-4/h6-12H,1-5H3,(H,26,27). The quantitative estimate of drug-likeness (QED) is 0.401. The normalized spacial score (nSPS) is 10.9. The van der Waals surface area contributed by atoms with Crippen LogP contribution in [0.15, 0.2) is 46.9 Å². The molecule has 4 aromatic rings. The average Bonchev–Trinajstić information content (AvgIpc) is 3.38. The van der Waals surface area contributed by atoms with Crippen molar-refractivity contribution in [1.82, 2.24) is 19.7 Å². The lowest BCUT2D eigenvalue weighted by Gasteiger charge is -2.13. The van der Waals surface area contributed by atoms with Gasteiger partial charge in [-0.1, -0.05) is 12.1 Å². The van der Waals surface area contributed by atoms with Crippen LogP contribution < -0.4 is 14.2 Å². The van der Waals surface area contributed by atoms with Crippen LogP contribution >= 0.6 is 15.9 Å². The number of aryl methyl sites for hydroxylation is 1. The van der Waals surface area contributed by atoms with Crippen LogP contribution in [0.4, 0.5) is 0 Å². The molecule has 0 saturated carbocycles. The summed E-state index contributed by atoms with van der Waals surface area (Å²) in [5, 5.41) is 7.63. The van der Waals surface area contributed by atoms with E-state index in [1.165, 1.54) is 0 Å². The van der Waals surface area contributed by atoms with Crippen molar-refractivity contribution in [3.8, 4) is 45.6 Å². The SMILES string of the molecule is COc1cc(-c2cc(-c3nc(C)n(-c4ccccc4Br)c3C)[nH]n2)cc(OC)c1OC. The molecule has 0 unspecified atom stereocenters. The minimum absolute atomic E-state index is 0.545. The lowest BCUT2D eigenvalue weighted by molar-refractivity contribution is 0.324. The third kappa shape index (κ3) is 3.67. The van der Waals surface area contributed by atoms with Gasteiger partial charge in [-0.2, -0.15) is 5.10 Å². The zero-order valence-corrected chi connectivity index (χ0v) is 19.6. The molecule has 0 spiro atoms. The zero-order chi connectivity index (χ0) is 22.1. The third-order valence-corrected chi connectivity index (χ3v) is 5.83. The molecule has 0 bridgehead atoms. The maximum atomic E-state index is 5.47. The molecule has 160 valence electrons. The second-order valence-electron chi connectivity index (χ2n) is 6.96. The number of aromatic amines is 1. The van der Waals surface area contributed by atoms with Crippen molar-refractivity contribution in [1.29, 1.82) is 0 Å². The Labute approximate surface area is 189 Å². The van der Waals surface area contributed by atoms with Crippen molar-refractivity contribution in [2.24, 2.45) is 0 Å². The minimum atomic E-state index is 0.545. The summed E-state index contributed by atoms with van der Waals surface area (Å²) in [6.07, 6.45) is 0. The van der Waals surface area contributed by atoms with Crippen LogP contribution in [0.3, 0.4) is 0 Å². The molecule has 0 amide bonds. The fourth-order valence-electron chi connectivity index (χ4n) is 3.70. The van der Waals surface area contributed by atoms with Gasteiger partial charge >= 0.3 is 0 Å². The van der Waals surface area contributed by atoms with Crippen LogP contribution in [0.5, 0.6) is 17.2 Å². The first kappa shape index (κ1) is 21.0. The van der Waals surface area contributed by atoms with Crippen LogP contribution in [0.1, 0.15) is 11.5 Å². The maximum absolute atomic E-state index is 5.47. The van der Waals surface area contributed by atoms with E-state index in [9.17, 15) is 0 Å². The van der Waals surface area contributed by atoms with Crippen molar-refractivity contribution < 1.29 is 14.2 Å². The Kier molecular flexibility index (Phi) is 5.73. The lowest BCUT2D eigenvalue weighted by Crippen LogP contribution is -2.00. The van der Waals surface area contributed by atoms with E-state index >= 15 is 0 Å². The van der Waals surface area contributed by atoms with Crippen LogP contribution in [0.2, 0.25) is 0 Å². The molecule has 0 atom stereocenters. The van der Waals surface area contributed by atoms with Crippen molar-refractivity contribution in [2.45, 2.75) is 13.8 Å². The van der Waals surface area contributed by atoms with Crippen LogP contribution in [0, 0.1) is 13.8 Å². The summed E-state index contributed by atoms with van der Waals surface area (Å²) in [4.78, 5) is 4.80. The minimum Gasteiger partial charge on any atom is -0.493 e. The Morgan fingerprint density at radius 3 is 2.23 bits per heavy atom. The highest BCUT2D eigenvalue weighted by atomic mass is 79.9. The first-order chi connectivity index (χ1) is 15.0. The predicted molar refractivity (Wildman–Crippen MR) is 123 cm³/mol. The van der Waals surface area contributed by atoms with Crippen molar-refractivity contribution in [3.05, 3.63) is 58.5 Å². The number of hydrogen-bond acceptors (Lipinski definition) is 5. The topological polar surface area (TPSA) is 74.2 Å². The Bertz CT molecular complexity index is 1220. The Hall–Kier alpha value is -3.26. The summed E-state index contributed by atoms with van der Waals surface area (Å²) in [7, 11) is 4.77. The number of para-hydroxylation sites is 1. The number of methoxy groups -OCH3 is 3. The largest absolute Gasteiger partial charge is 0.493 e. The number of benzene rings is 2. The van der Waals surface area contributed by atoms with E-state index in [-0.39, 0.29) is 0 Å². The molecule has 8 heteroatoms. The molecule has 4 rings (SSSR count). The summed E-state index contributed by atoms with van der Waals surface area (Å²) >= 11 is 3.64. The monoisotopic (exact) mass is 482 g/mol. The second kappa shape index (κ2) is 8.47. The van der Waals surface area contributed by atoms with Gasteiger partial charge in [-0.15, -0.1) is 0 Å². The molecule has 0 aliphatic rings. The molecule has 0 aliphatic heterocycles. The van der Waals surface area contributed by atoms with Gasteiger partial charge in [0.15, 0.2) is 11.5 Å². The number of rotatable bonds is 6. The predicted octanol–water partition coefficient (Wildman–Crippen LogP) is 5.33. The average molecular weight is 483 g/mol. The van der Waals surface area contributed by atoms with Gasteiger partial charge in [0, 0.05) is 15.7 Å². The molecule has 31 heavy (non-hydrogen) atoms. The molecule has 0 aliphatic carbocycles. The number of ether oxygens (including phenoxy) is 3. The fraction of sp³-hybridized carbons (Fsp3) is 0.217. The first-order valence-corrected chi connectivity index (χ1v) is 10.4. The van der Waals surface area contributed by atoms with E-state index in [2.05, 4.69) is 43.7 Å². The Morgan fingerprint density at radius 1 is 0.935 bits per heavy atom. The summed E-state index contributed by atoms with van der Waals surface area (Å²) < 4.78 is 19.5. The molecule has 0 radical (unpaired) electrons. The van der Waals surface area contributed by atoms with Gasteiger partial charge in [-0.3, -0.25) is 9.67 Å². The summed E-state index contributed by atoms with van der Waals surface area (Å²) in [5.74, 6) is 2.59. The fourth-order valence-corrected chi connectivity index (χ4v) is 4.17. The second-order valence-corrected chi connectivity index (χ2v) is 7.82. The highest BCUT2D eigenvalue weighted by molar-refractivity contribution is 9.10. The van der Waals surface area contributed by atoms with Gasteiger partial charge in [0.2, 0.25) is 5.75 Å². The molecule has 2 aromatic carbocycles. The number of aromatic nitrogens is 4. The molecular weight excluding hydrogens is 460 g/mol. The molecule has 0 saturated heterocycles. The summed E-state index contributed by atoms with van der Waals surface area (Å²) in [5.41, 5.74) is 5.33. The van der Waals surface area contributed by atoms with Crippen molar-refractivity contribution in [2.75, 3.05) is 21.3 Å². The van der Waals surface area contributed by atoms with Gasteiger partial charge in [0.1, 0.15) is 11.5 Å². The number of nitrogens with one attached hydrogen (secondary N) is 1. The first-order valence-electron chi connectivity index (χ1n) is 9.65. The number of hydrogen-bond donors (Lipinski definition) is 1. The van der Waals surface area contributed by atoms with E-state index in [1.807, 2.05) is 43.3 Å². The molecule has 0 fully saturated rings. The van der Waals surface area contributed by atoms with Crippen molar-refractivity contribution >= 4 is 15.9 Å². The Morgan fingerprint density at radius 2 is 1.61 bits per heavy atom. The van der Waals surface area contributed by atoms with E-state index < -0.39 is 0 Å². The zero-order valence-electron chi connectivity index (χ0n) is 18.0. The van der Waals surface area contributed by atoms with Gasteiger partial charge < -0.3 is 14.2 Å². The molecule has 1 N–H and O–H groups in total. The molecular formula is C23H23BrN4O3. The number of nitrogens with zero attached hydrogens (tertiary/aromatic N) is 3. The highest BCUT2D eigenvalue weighted by Gasteiger charge is 2.19. The highest BCUT2D eigenvalue weighted by Crippen LogP contribution is 2.41. The van der Waals surface area contributed by atoms with Gasteiger partial charge in [0.05, 0.1) is 38.4 Å². The number of halogens is 1. The van der Waals surface area contributed by atoms with Gasteiger partial charge in [-0.25, -0.2) is 4.98 Å². The Balaban J connectivity index is 1.77. The van der Waals surface area contributed by atoms with E-state index in [1.54, 1.807) is 21.3 Å². The molecule has 2 aromatic heterocycles. The molecule has 7 nitrogen and oxygen atoms in total. The lowest BCUT2D eigenvalue weighted by atomic mass is 10.1. The summed E-state index contributed by atoms with van der Waals surface area (Å²) in [6.45, 7) is 4.04. The van der Waals surface area contributed by atoms with Gasteiger partial charge in [0.25, 0.3) is 0 Å². The smallest absolute Gasteiger partial charge is 0.203 e. The van der Waals surface area contributed by atoms with Gasteiger partial charge in [-0.05, 0) is 60.1 Å². The summed E-state index contributed by atoms with van der Waals surface area (Å²) in [6, 6.07) is 13.8. The van der Waals surface area contributed by atoms with Crippen molar-refractivity contribution in [3.63, 3.8) is 0 Å². The van der Waals surface area contributed by atoms with E-state index in [0.29, 0.717) is 17.2 Å². The maximum Gasteiger partial charge on any atom is 0.203 e. The van der Waals surface area contributed by atoms with Crippen LogP contribution in [-0.4, -0.2) is 41.1 Å². The number of imidazole rings is 1. The van der Waals surface area contributed by atoms with Crippen LogP contribution in [-0.2, 0) is 0 Å². The molecule has 2 heterocycles. The van der Waals surface area contributed by atoms with Crippen LogP contribution in [0.25, 0.3) is 28.3 Å². The number of H-pyrrole nitrogens is 1. The third-order valence-electron chi connectivity index (χ3n) is 5.16. The van der Waals surface area contributed by atoms with E-state index in [0.717, 1.165) is 44.3 Å². The van der Waals surface area contributed by atoms with E-state index in [4.69, 9.17) is 19.2 Å².